The van der Waals surface area contributed by atoms with Crippen molar-refractivity contribution in [2.24, 2.45) is 7.05 Å². The first-order valence-electron chi connectivity index (χ1n) is 5.95. The van der Waals surface area contributed by atoms with Crippen LogP contribution < -0.4 is 5.32 Å². The first-order chi connectivity index (χ1) is 8.60. The lowest BCUT2D eigenvalue weighted by Crippen LogP contribution is -2.28. The summed E-state index contributed by atoms with van der Waals surface area (Å²) in [5.74, 6) is 0.787. The molecule has 1 rings (SSSR count). The van der Waals surface area contributed by atoms with Crippen LogP contribution in [-0.2, 0) is 11.8 Å². The van der Waals surface area contributed by atoms with Crippen LogP contribution in [0.1, 0.15) is 11.3 Å². The standard InChI is InChI=1S/C12H21N5O/c1-10-11(9-13)12(17(3)15-10)14-5-6-16(2)7-8-18-4/h14H,5-8H2,1-4H3. The van der Waals surface area contributed by atoms with Crippen LogP contribution in [0.4, 0.5) is 5.82 Å². The highest BCUT2D eigenvalue weighted by Crippen LogP contribution is 2.16. The maximum Gasteiger partial charge on any atom is 0.142 e. The van der Waals surface area contributed by atoms with Gasteiger partial charge in [0, 0.05) is 33.8 Å². The van der Waals surface area contributed by atoms with Crippen molar-refractivity contribution in [2.75, 3.05) is 45.7 Å². The van der Waals surface area contributed by atoms with Gasteiger partial charge in [-0.3, -0.25) is 4.68 Å². The van der Waals surface area contributed by atoms with Crippen molar-refractivity contribution in [1.82, 2.24) is 14.7 Å². The molecule has 18 heavy (non-hydrogen) atoms. The number of ether oxygens (including phenoxy) is 1. The molecule has 100 valence electrons. The van der Waals surface area contributed by atoms with E-state index in [0.29, 0.717) is 5.56 Å². The molecule has 0 radical (unpaired) electrons. The van der Waals surface area contributed by atoms with E-state index in [2.05, 4.69) is 21.4 Å². The van der Waals surface area contributed by atoms with Gasteiger partial charge in [0.05, 0.1) is 12.3 Å². The minimum absolute atomic E-state index is 0.622. The van der Waals surface area contributed by atoms with Gasteiger partial charge in [0.2, 0.25) is 0 Å². The van der Waals surface area contributed by atoms with Crippen molar-refractivity contribution in [2.45, 2.75) is 6.92 Å². The predicted octanol–water partition coefficient (Wildman–Crippen LogP) is 0.590. The van der Waals surface area contributed by atoms with Crippen molar-refractivity contribution in [3.05, 3.63) is 11.3 Å². The van der Waals surface area contributed by atoms with Gasteiger partial charge in [-0.2, -0.15) is 10.4 Å². The Hall–Kier alpha value is -1.58. The number of aryl methyl sites for hydroxylation is 2. The summed E-state index contributed by atoms with van der Waals surface area (Å²) in [5, 5.41) is 16.6. The van der Waals surface area contributed by atoms with Crippen LogP contribution in [0, 0.1) is 18.3 Å². The second-order valence-electron chi connectivity index (χ2n) is 4.27. The van der Waals surface area contributed by atoms with E-state index in [-0.39, 0.29) is 0 Å². The summed E-state index contributed by atoms with van der Waals surface area (Å²) in [5.41, 5.74) is 1.38. The van der Waals surface area contributed by atoms with Crippen molar-refractivity contribution in [3.8, 4) is 6.07 Å². The molecule has 0 aromatic carbocycles. The van der Waals surface area contributed by atoms with Gasteiger partial charge in [0.15, 0.2) is 0 Å². The number of aromatic nitrogens is 2. The van der Waals surface area contributed by atoms with E-state index in [1.54, 1.807) is 11.8 Å². The maximum absolute atomic E-state index is 9.07. The molecule has 0 fully saturated rings. The van der Waals surface area contributed by atoms with Crippen molar-refractivity contribution >= 4 is 5.82 Å². The Morgan fingerprint density at radius 2 is 2.22 bits per heavy atom. The minimum Gasteiger partial charge on any atom is -0.383 e. The number of nitriles is 1. The lowest BCUT2D eigenvalue weighted by molar-refractivity contribution is 0.163. The van der Waals surface area contributed by atoms with E-state index in [1.165, 1.54) is 0 Å². The van der Waals surface area contributed by atoms with Gasteiger partial charge < -0.3 is 15.0 Å². The van der Waals surface area contributed by atoms with Gasteiger partial charge in [-0.05, 0) is 14.0 Å². The van der Waals surface area contributed by atoms with Gasteiger partial charge >= 0.3 is 0 Å². The highest BCUT2D eigenvalue weighted by molar-refractivity contribution is 5.54. The molecular weight excluding hydrogens is 230 g/mol. The number of hydrogen-bond donors (Lipinski definition) is 1. The molecule has 0 unspecified atom stereocenters. The molecule has 0 bridgehead atoms. The normalized spacial score (nSPS) is 10.7. The molecule has 0 aliphatic heterocycles. The van der Waals surface area contributed by atoms with Crippen LogP contribution in [-0.4, -0.2) is 55.1 Å². The molecule has 0 spiro atoms. The topological polar surface area (TPSA) is 66.1 Å². The summed E-state index contributed by atoms with van der Waals surface area (Å²) in [7, 11) is 5.58. The Labute approximate surface area is 108 Å². The second-order valence-corrected chi connectivity index (χ2v) is 4.27. The van der Waals surface area contributed by atoms with E-state index in [4.69, 9.17) is 10.00 Å². The number of likely N-dealkylation sites (N-methyl/N-ethyl adjacent to an activating group) is 1. The molecule has 0 saturated carbocycles. The molecule has 0 aliphatic rings. The predicted molar refractivity (Wildman–Crippen MR) is 70.5 cm³/mol. The van der Waals surface area contributed by atoms with Crippen LogP contribution in [0.3, 0.4) is 0 Å². The van der Waals surface area contributed by atoms with Crippen LogP contribution in [0.15, 0.2) is 0 Å². The van der Waals surface area contributed by atoms with Gasteiger partial charge in [0.25, 0.3) is 0 Å². The highest BCUT2D eigenvalue weighted by Gasteiger charge is 2.11. The van der Waals surface area contributed by atoms with Crippen LogP contribution in [0.5, 0.6) is 0 Å². The highest BCUT2D eigenvalue weighted by atomic mass is 16.5. The van der Waals surface area contributed by atoms with E-state index >= 15 is 0 Å². The van der Waals surface area contributed by atoms with E-state index in [0.717, 1.165) is 37.8 Å². The fourth-order valence-corrected chi connectivity index (χ4v) is 1.72. The zero-order valence-corrected chi connectivity index (χ0v) is 11.5. The third kappa shape index (κ3) is 3.72. The third-order valence-corrected chi connectivity index (χ3v) is 2.80. The molecule has 1 aromatic rings. The smallest absolute Gasteiger partial charge is 0.142 e. The molecule has 0 aliphatic carbocycles. The van der Waals surface area contributed by atoms with Gasteiger partial charge in [-0.15, -0.1) is 0 Å². The summed E-state index contributed by atoms with van der Waals surface area (Å²) >= 11 is 0. The first kappa shape index (κ1) is 14.5. The molecule has 0 atom stereocenters. The Kier molecular flexibility index (Phi) is 5.62. The van der Waals surface area contributed by atoms with Crippen LogP contribution >= 0.6 is 0 Å². The number of methoxy groups -OCH3 is 1. The van der Waals surface area contributed by atoms with Gasteiger partial charge in [0.1, 0.15) is 17.5 Å². The van der Waals surface area contributed by atoms with E-state index in [9.17, 15) is 0 Å². The first-order valence-corrected chi connectivity index (χ1v) is 5.95. The Morgan fingerprint density at radius 1 is 1.50 bits per heavy atom. The monoisotopic (exact) mass is 251 g/mol. The lowest BCUT2D eigenvalue weighted by Gasteiger charge is -2.16. The zero-order chi connectivity index (χ0) is 13.5. The molecule has 0 saturated heterocycles. The molecule has 1 heterocycles. The number of nitrogens with zero attached hydrogens (tertiary/aromatic N) is 4. The summed E-state index contributed by atoms with van der Waals surface area (Å²) in [4.78, 5) is 2.17. The minimum atomic E-state index is 0.622. The lowest BCUT2D eigenvalue weighted by atomic mass is 10.2. The molecule has 1 N–H and O–H groups in total. The largest absolute Gasteiger partial charge is 0.383 e. The van der Waals surface area contributed by atoms with Crippen molar-refractivity contribution < 1.29 is 4.74 Å². The van der Waals surface area contributed by atoms with Crippen molar-refractivity contribution in [1.29, 1.82) is 5.26 Å². The molecule has 6 heteroatoms. The van der Waals surface area contributed by atoms with E-state index in [1.807, 2.05) is 21.0 Å². The number of nitrogens with one attached hydrogen (secondary N) is 1. The Bertz CT molecular complexity index is 421. The zero-order valence-electron chi connectivity index (χ0n) is 11.5. The summed E-state index contributed by atoms with van der Waals surface area (Å²) in [6.07, 6.45) is 0. The van der Waals surface area contributed by atoms with Crippen LogP contribution in [0.2, 0.25) is 0 Å². The molecular formula is C12H21N5O. The Morgan fingerprint density at radius 3 is 2.83 bits per heavy atom. The second kappa shape index (κ2) is 6.99. The molecule has 0 amide bonds. The number of rotatable bonds is 7. The summed E-state index contributed by atoms with van der Waals surface area (Å²) in [6, 6.07) is 2.18. The Balaban J connectivity index is 2.47. The fourth-order valence-electron chi connectivity index (χ4n) is 1.72. The van der Waals surface area contributed by atoms with Gasteiger partial charge in [-0.1, -0.05) is 0 Å². The average molecular weight is 251 g/mol. The summed E-state index contributed by atoms with van der Waals surface area (Å²) < 4.78 is 6.73. The van der Waals surface area contributed by atoms with E-state index < -0.39 is 0 Å². The average Bonchev–Trinajstić information content (AvgIpc) is 2.61. The fraction of sp³-hybridized carbons (Fsp3) is 0.667. The SMILES string of the molecule is COCCN(C)CCNc1c(C#N)c(C)nn1C. The molecule has 1 aromatic heterocycles. The number of anilines is 1. The maximum atomic E-state index is 9.07. The van der Waals surface area contributed by atoms with Crippen molar-refractivity contribution in [3.63, 3.8) is 0 Å². The summed E-state index contributed by atoms with van der Waals surface area (Å²) in [6.45, 7) is 5.12. The molecule has 6 nitrogen and oxygen atoms in total. The quantitative estimate of drug-likeness (QED) is 0.768. The van der Waals surface area contributed by atoms with Crippen LogP contribution in [0.25, 0.3) is 0 Å². The van der Waals surface area contributed by atoms with Gasteiger partial charge in [-0.25, -0.2) is 0 Å². The number of hydrogen-bond acceptors (Lipinski definition) is 5. The third-order valence-electron chi connectivity index (χ3n) is 2.80.